The van der Waals surface area contributed by atoms with Crippen LogP contribution in [-0.2, 0) is 11.2 Å². The lowest BCUT2D eigenvalue weighted by Gasteiger charge is -2.10. The molecule has 1 aromatic heterocycles. The molecule has 1 amide bonds. The monoisotopic (exact) mass is 244 g/mol. The van der Waals surface area contributed by atoms with Crippen LogP contribution in [0.5, 0.6) is 0 Å². The molecule has 0 aliphatic carbocycles. The van der Waals surface area contributed by atoms with E-state index in [2.05, 4.69) is 42.3 Å². The summed E-state index contributed by atoms with van der Waals surface area (Å²) in [5.74, 6) is 0.0887. The average molecular weight is 244 g/mol. The van der Waals surface area contributed by atoms with Crippen LogP contribution in [-0.4, -0.2) is 16.9 Å². The van der Waals surface area contributed by atoms with Crippen LogP contribution in [0.15, 0.2) is 24.4 Å². The number of hydrogen-bond acceptors (Lipinski definition) is 1. The fraction of sp³-hybridized carbons (Fsp3) is 0.400. The van der Waals surface area contributed by atoms with Crippen molar-refractivity contribution < 1.29 is 4.79 Å². The Bertz CT molecular complexity index is 557. The standard InChI is InChI=1S/C15H20N2O/c1-4-11(3)17-15(18)8-12-9-16-14-7-10(2)5-6-13(12)14/h5-7,9,11,16H,4,8H2,1-3H3,(H,17,18). The third kappa shape index (κ3) is 2.73. The van der Waals surface area contributed by atoms with Crippen LogP contribution in [0.4, 0.5) is 0 Å². The van der Waals surface area contributed by atoms with Crippen LogP contribution < -0.4 is 5.32 Å². The predicted molar refractivity (Wildman–Crippen MR) is 74.6 cm³/mol. The molecule has 1 heterocycles. The molecular formula is C15H20N2O. The highest BCUT2D eigenvalue weighted by Gasteiger charge is 2.10. The van der Waals surface area contributed by atoms with Crippen molar-refractivity contribution >= 4 is 16.8 Å². The van der Waals surface area contributed by atoms with Gasteiger partial charge in [0, 0.05) is 23.1 Å². The molecule has 3 heteroatoms. The highest BCUT2D eigenvalue weighted by Crippen LogP contribution is 2.19. The Hall–Kier alpha value is -1.77. The number of aromatic amines is 1. The molecular weight excluding hydrogens is 224 g/mol. The van der Waals surface area contributed by atoms with Crippen molar-refractivity contribution in [2.24, 2.45) is 0 Å². The molecule has 0 spiro atoms. The largest absolute Gasteiger partial charge is 0.361 e. The third-order valence-electron chi connectivity index (χ3n) is 3.29. The van der Waals surface area contributed by atoms with Crippen LogP contribution in [0.2, 0.25) is 0 Å². The minimum absolute atomic E-state index is 0.0887. The SMILES string of the molecule is CCC(C)NC(=O)Cc1c[nH]c2cc(C)ccc12. The van der Waals surface area contributed by atoms with Gasteiger partial charge in [-0.15, -0.1) is 0 Å². The fourth-order valence-corrected chi connectivity index (χ4v) is 2.05. The van der Waals surface area contributed by atoms with Crippen molar-refractivity contribution in [3.63, 3.8) is 0 Å². The van der Waals surface area contributed by atoms with E-state index in [1.807, 2.05) is 13.1 Å². The summed E-state index contributed by atoms with van der Waals surface area (Å²) in [5.41, 5.74) is 3.38. The number of hydrogen-bond donors (Lipinski definition) is 2. The van der Waals surface area contributed by atoms with Gasteiger partial charge in [-0.2, -0.15) is 0 Å². The number of rotatable bonds is 4. The van der Waals surface area contributed by atoms with E-state index in [0.717, 1.165) is 22.9 Å². The smallest absolute Gasteiger partial charge is 0.224 e. The van der Waals surface area contributed by atoms with Gasteiger partial charge in [0.2, 0.25) is 5.91 Å². The molecule has 3 nitrogen and oxygen atoms in total. The Morgan fingerprint density at radius 3 is 2.94 bits per heavy atom. The van der Waals surface area contributed by atoms with Crippen molar-refractivity contribution in [1.82, 2.24) is 10.3 Å². The van der Waals surface area contributed by atoms with Crippen molar-refractivity contribution in [2.75, 3.05) is 0 Å². The maximum absolute atomic E-state index is 11.9. The summed E-state index contributed by atoms with van der Waals surface area (Å²) < 4.78 is 0. The first-order valence-electron chi connectivity index (χ1n) is 6.46. The van der Waals surface area contributed by atoms with Crippen molar-refractivity contribution in [1.29, 1.82) is 0 Å². The number of nitrogens with one attached hydrogen (secondary N) is 2. The van der Waals surface area contributed by atoms with Crippen molar-refractivity contribution in [3.8, 4) is 0 Å². The minimum Gasteiger partial charge on any atom is -0.361 e. The molecule has 0 fully saturated rings. The second kappa shape index (κ2) is 5.25. The van der Waals surface area contributed by atoms with E-state index in [1.54, 1.807) is 0 Å². The second-order valence-electron chi connectivity index (χ2n) is 4.92. The summed E-state index contributed by atoms with van der Waals surface area (Å²) in [6.07, 6.45) is 3.33. The lowest BCUT2D eigenvalue weighted by Crippen LogP contribution is -2.33. The van der Waals surface area contributed by atoms with Crippen molar-refractivity contribution in [3.05, 3.63) is 35.5 Å². The fourth-order valence-electron chi connectivity index (χ4n) is 2.05. The first kappa shape index (κ1) is 12.7. The van der Waals surface area contributed by atoms with E-state index in [0.29, 0.717) is 6.42 Å². The topological polar surface area (TPSA) is 44.9 Å². The number of carbonyl (C=O) groups is 1. The van der Waals surface area contributed by atoms with Gasteiger partial charge in [0.25, 0.3) is 0 Å². The van der Waals surface area contributed by atoms with E-state index >= 15 is 0 Å². The molecule has 0 aliphatic heterocycles. The van der Waals surface area contributed by atoms with E-state index in [9.17, 15) is 4.79 Å². The number of H-pyrrole nitrogens is 1. The normalized spacial score (nSPS) is 12.6. The van der Waals surface area contributed by atoms with Gasteiger partial charge in [0.05, 0.1) is 6.42 Å². The molecule has 0 bridgehead atoms. The van der Waals surface area contributed by atoms with E-state index in [-0.39, 0.29) is 11.9 Å². The predicted octanol–water partition coefficient (Wildman–Crippen LogP) is 2.93. The Morgan fingerprint density at radius 1 is 1.44 bits per heavy atom. The van der Waals surface area contributed by atoms with E-state index in [4.69, 9.17) is 0 Å². The maximum Gasteiger partial charge on any atom is 0.224 e. The number of aromatic nitrogens is 1. The van der Waals surface area contributed by atoms with E-state index in [1.165, 1.54) is 5.56 Å². The molecule has 18 heavy (non-hydrogen) atoms. The summed E-state index contributed by atoms with van der Waals surface area (Å²) in [4.78, 5) is 15.1. The van der Waals surface area contributed by atoms with Crippen LogP contribution >= 0.6 is 0 Å². The van der Waals surface area contributed by atoms with Gasteiger partial charge in [-0.25, -0.2) is 0 Å². The number of benzene rings is 1. The Balaban J connectivity index is 2.15. The molecule has 2 aromatic rings. The summed E-state index contributed by atoms with van der Waals surface area (Å²) in [7, 11) is 0. The van der Waals surface area contributed by atoms with Gasteiger partial charge in [-0.1, -0.05) is 19.1 Å². The van der Waals surface area contributed by atoms with Crippen LogP contribution in [0.25, 0.3) is 10.9 Å². The van der Waals surface area contributed by atoms with Gasteiger partial charge < -0.3 is 10.3 Å². The lowest BCUT2D eigenvalue weighted by atomic mass is 10.1. The Morgan fingerprint density at radius 2 is 2.22 bits per heavy atom. The Kier molecular flexibility index (Phi) is 3.70. The zero-order valence-corrected chi connectivity index (χ0v) is 11.2. The van der Waals surface area contributed by atoms with Gasteiger partial charge in [0.15, 0.2) is 0 Å². The molecule has 2 N–H and O–H groups in total. The maximum atomic E-state index is 11.9. The van der Waals surface area contributed by atoms with Crippen LogP contribution in [0.3, 0.4) is 0 Å². The highest BCUT2D eigenvalue weighted by molar-refractivity contribution is 5.89. The average Bonchev–Trinajstić information content (AvgIpc) is 2.71. The molecule has 0 radical (unpaired) electrons. The lowest BCUT2D eigenvalue weighted by molar-refractivity contribution is -0.121. The zero-order chi connectivity index (χ0) is 13.1. The van der Waals surface area contributed by atoms with E-state index < -0.39 is 0 Å². The molecule has 0 saturated carbocycles. The van der Waals surface area contributed by atoms with Gasteiger partial charge in [-0.05, 0) is 37.5 Å². The quantitative estimate of drug-likeness (QED) is 0.853. The highest BCUT2D eigenvalue weighted by atomic mass is 16.1. The summed E-state index contributed by atoms with van der Waals surface area (Å²) in [5, 5.41) is 4.13. The van der Waals surface area contributed by atoms with Crippen molar-refractivity contribution in [2.45, 2.75) is 39.7 Å². The first-order valence-corrected chi connectivity index (χ1v) is 6.46. The van der Waals surface area contributed by atoms with Gasteiger partial charge in [0.1, 0.15) is 0 Å². The second-order valence-corrected chi connectivity index (χ2v) is 4.92. The number of carbonyl (C=O) groups excluding carboxylic acids is 1. The molecule has 0 saturated heterocycles. The summed E-state index contributed by atoms with van der Waals surface area (Å²) in [6, 6.07) is 6.50. The Labute approximate surface area is 108 Å². The molecule has 1 unspecified atom stereocenters. The molecule has 0 aliphatic rings. The number of aryl methyl sites for hydroxylation is 1. The summed E-state index contributed by atoms with van der Waals surface area (Å²) >= 11 is 0. The van der Waals surface area contributed by atoms with Crippen LogP contribution in [0, 0.1) is 6.92 Å². The molecule has 1 aromatic carbocycles. The van der Waals surface area contributed by atoms with Crippen LogP contribution in [0.1, 0.15) is 31.4 Å². The molecule has 96 valence electrons. The third-order valence-corrected chi connectivity index (χ3v) is 3.29. The van der Waals surface area contributed by atoms with Gasteiger partial charge >= 0.3 is 0 Å². The minimum atomic E-state index is 0.0887. The first-order chi connectivity index (χ1) is 8.60. The van der Waals surface area contributed by atoms with Gasteiger partial charge in [-0.3, -0.25) is 4.79 Å². The molecule has 2 rings (SSSR count). The summed E-state index contributed by atoms with van der Waals surface area (Å²) in [6.45, 7) is 6.16. The number of fused-ring (bicyclic) bond motifs is 1. The molecule has 1 atom stereocenters. The zero-order valence-electron chi connectivity index (χ0n) is 11.2. The number of amides is 1.